The van der Waals surface area contributed by atoms with Gasteiger partial charge >= 0.3 is 0 Å². The molecule has 2 aromatic carbocycles. The molecule has 1 fully saturated rings. The Morgan fingerprint density at radius 3 is 2.46 bits per heavy atom. The van der Waals surface area contributed by atoms with Crippen molar-refractivity contribution in [1.82, 2.24) is 4.98 Å². The minimum atomic E-state index is 1.02. The van der Waals surface area contributed by atoms with Gasteiger partial charge in [0.15, 0.2) is 0 Å². The van der Waals surface area contributed by atoms with Gasteiger partial charge in [-0.25, -0.2) is 4.98 Å². The van der Waals surface area contributed by atoms with E-state index in [-0.39, 0.29) is 0 Å². The van der Waals surface area contributed by atoms with Crippen LogP contribution in [0.2, 0.25) is 0 Å². The van der Waals surface area contributed by atoms with Crippen molar-refractivity contribution >= 4 is 28.7 Å². The molecule has 1 aliphatic heterocycles. The number of benzene rings is 2. The quantitative estimate of drug-likeness (QED) is 0.644. The zero-order chi connectivity index (χ0) is 16.2. The second kappa shape index (κ2) is 6.88. The summed E-state index contributed by atoms with van der Waals surface area (Å²) >= 11 is 0. The van der Waals surface area contributed by atoms with E-state index in [1.54, 1.807) is 0 Å². The summed E-state index contributed by atoms with van der Waals surface area (Å²) in [5.74, 6) is 1.11. The van der Waals surface area contributed by atoms with E-state index >= 15 is 0 Å². The second-order valence-corrected chi connectivity index (χ2v) is 6.41. The summed E-state index contributed by atoms with van der Waals surface area (Å²) in [6.45, 7) is 2.26. The lowest BCUT2D eigenvalue weighted by atomic mass is 10.1. The molecule has 0 radical (unpaired) electrons. The number of hydrogen-bond donors (Lipinski definition) is 0. The van der Waals surface area contributed by atoms with Crippen LogP contribution in [0.25, 0.3) is 22.9 Å². The molecule has 2 heterocycles. The van der Waals surface area contributed by atoms with E-state index in [2.05, 4.69) is 77.7 Å². The molecule has 0 aliphatic carbocycles. The summed E-state index contributed by atoms with van der Waals surface area (Å²) in [6, 6.07) is 21.3. The molecule has 1 aliphatic rings. The van der Waals surface area contributed by atoms with Gasteiger partial charge in [0.05, 0.1) is 5.69 Å². The van der Waals surface area contributed by atoms with Crippen LogP contribution < -0.4 is 4.90 Å². The van der Waals surface area contributed by atoms with Crippen LogP contribution in [0.5, 0.6) is 0 Å². The highest BCUT2D eigenvalue weighted by Crippen LogP contribution is 2.20. The fraction of sp³-hybridized carbons (Fsp3) is 0.227. The van der Waals surface area contributed by atoms with Crippen molar-refractivity contribution in [1.29, 1.82) is 0 Å². The molecule has 4 rings (SSSR count). The van der Waals surface area contributed by atoms with Crippen LogP contribution in [-0.2, 0) is 0 Å². The Bertz CT molecular complexity index is 860. The van der Waals surface area contributed by atoms with Crippen molar-refractivity contribution in [3.05, 3.63) is 71.9 Å². The zero-order valence-electron chi connectivity index (χ0n) is 13.9. The molecule has 0 atom stereocenters. The number of aromatic nitrogens is 1. The summed E-state index contributed by atoms with van der Waals surface area (Å²) in [4.78, 5) is 7.21. The summed E-state index contributed by atoms with van der Waals surface area (Å²) < 4.78 is 0. The molecule has 0 amide bonds. The van der Waals surface area contributed by atoms with Crippen LogP contribution in [0.4, 0.5) is 5.82 Å². The summed E-state index contributed by atoms with van der Waals surface area (Å²) in [6.07, 6.45) is 8.15. The Labute approximate surface area is 143 Å². The third kappa shape index (κ3) is 3.33. The molecular weight excluding hydrogens is 292 g/mol. The molecule has 2 heteroatoms. The first-order chi connectivity index (χ1) is 11.9. The molecule has 0 bridgehead atoms. The average molecular weight is 314 g/mol. The topological polar surface area (TPSA) is 16.1 Å². The predicted octanol–water partition coefficient (Wildman–Crippen LogP) is 5.40. The smallest absolute Gasteiger partial charge is 0.129 e. The zero-order valence-corrected chi connectivity index (χ0v) is 13.9. The predicted molar refractivity (Wildman–Crippen MR) is 103 cm³/mol. The molecular formula is C22H22N2. The fourth-order valence-corrected chi connectivity index (χ4v) is 3.32. The van der Waals surface area contributed by atoms with Gasteiger partial charge in [0.2, 0.25) is 0 Å². The lowest BCUT2D eigenvalue weighted by molar-refractivity contribution is 0.573. The Hall–Kier alpha value is -2.61. The van der Waals surface area contributed by atoms with Crippen molar-refractivity contribution < 1.29 is 0 Å². The summed E-state index contributed by atoms with van der Waals surface area (Å²) in [5, 5.41) is 2.55. The SMILES string of the molecule is C(=C/c1cccc(N2CCCCC2)n1)/c1ccc2ccccc2c1. The van der Waals surface area contributed by atoms with Gasteiger partial charge in [-0.05, 0) is 59.9 Å². The number of hydrogen-bond acceptors (Lipinski definition) is 2. The van der Waals surface area contributed by atoms with Crippen LogP contribution >= 0.6 is 0 Å². The van der Waals surface area contributed by atoms with E-state index in [4.69, 9.17) is 4.98 Å². The fourth-order valence-electron chi connectivity index (χ4n) is 3.32. The highest BCUT2D eigenvalue weighted by Gasteiger charge is 2.11. The maximum Gasteiger partial charge on any atom is 0.129 e. The Morgan fingerprint density at radius 1 is 0.750 bits per heavy atom. The van der Waals surface area contributed by atoms with E-state index in [0.717, 1.165) is 24.6 Å². The number of rotatable bonds is 3. The summed E-state index contributed by atoms with van der Waals surface area (Å²) in [7, 11) is 0. The van der Waals surface area contributed by atoms with Crippen molar-refractivity contribution in [2.75, 3.05) is 18.0 Å². The van der Waals surface area contributed by atoms with Crippen LogP contribution in [0.15, 0.2) is 60.7 Å². The van der Waals surface area contributed by atoms with E-state index < -0.39 is 0 Å². The van der Waals surface area contributed by atoms with Crippen molar-refractivity contribution in [3.8, 4) is 0 Å². The van der Waals surface area contributed by atoms with E-state index in [1.165, 1.54) is 35.6 Å². The molecule has 24 heavy (non-hydrogen) atoms. The lowest BCUT2D eigenvalue weighted by Crippen LogP contribution is -2.30. The molecule has 0 unspecified atom stereocenters. The Morgan fingerprint density at radius 2 is 1.58 bits per heavy atom. The first kappa shape index (κ1) is 14.9. The van der Waals surface area contributed by atoms with Crippen molar-refractivity contribution in [3.63, 3.8) is 0 Å². The molecule has 0 N–H and O–H groups in total. The Kier molecular flexibility index (Phi) is 4.28. The highest BCUT2D eigenvalue weighted by atomic mass is 15.2. The van der Waals surface area contributed by atoms with Gasteiger partial charge in [-0.3, -0.25) is 0 Å². The maximum absolute atomic E-state index is 4.81. The molecule has 3 aromatic rings. The maximum atomic E-state index is 4.81. The minimum Gasteiger partial charge on any atom is -0.357 e. The molecule has 0 saturated carbocycles. The van der Waals surface area contributed by atoms with Gasteiger partial charge in [0.25, 0.3) is 0 Å². The largest absolute Gasteiger partial charge is 0.357 e. The number of fused-ring (bicyclic) bond motifs is 1. The number of anilines is 1. The van der Waals surface area contributed by atoms with E-state index in [9.17, 15) is 0 Å². The van der Waals surface area contributed by atoms with Gasteiger partial charge in [-0.2, -0.15) is 0 Å². The van der Waals surface area contributed by atoms with Gasteiger partial charge in [-0.1, -0.05) is 48.5 Å². The van der Waals surface area contributed by atoms with Crippen LogP contribution in [0.3, 0.4) is 0 Å². The van der Waals surface area contributed by atoms with Crippen LogP contribution in [0.1, 0.15) is 30.5 Å². The monoisotopic (exact) mass is 314 g/mol. The molecule has 1 saturated heterocycles. The summed E-state index contributed by atoms with van der Waals surface area (Å²) in [5.41, 5.74) is 2.23. The lowest BCUT2D eigenvalue weighted by Gasteiger charge is -2.27. The molecule has 1 aromatic heterocycles. The standard InChI is InChI=1S/C22H22N2/c1-4-15-24(16-5-1)22-10-6-9-21(23-22)14-12-18-11-13-19-7-2-3-8-20(19)17-18/h2-3,6-14,17H,1,4-5,15-16H2/b14-12-. The van der Waals surface area contributed by atoms with Gasteiger partial charge in [0, 0.05) is 13.1 Å². The van der Waals surface area contributed by atoms with Gasteiger partial charge in [-0.15, -0.1) is 0 Å². The number of nitrogens with zero attached hydrogens (tertiary/aromatic N) is 2. The van der Waals surface area contributed by atoms with Crippen LogP contribution in [-0.4, -0.2) is 18.1 Å². The van der Waals surface area contributed by atoms with Gasteiger partial charge < -0.3 is 4.90 Å². The normalized spacial score (nSPS) is 15.2. The van der Waals surface area contributed by atoms with E-state index in [1.807, 2.05) is 0 Å². The first-order valence-corrected chi connectivity index (χ1v) is 8.77. The van der Waals surface area contributed by atoms with Crippen molar-refractivity contribution in [2.45, 2.75) is 19.3 Å². The van der Waals surface area contributed by atoms with Crippen molar-refractivity contribution in [2.24, 2.45) is 0 Å². The second-order valence-electron chi connectivity index (χ2n) is 6.41. The third-order valence-electron chi connectivity index (χ3n) is 4.66. The number of pyridine rings is 1. The molecule has 0 spiro atoms. The first-order valence-electron chi connectivity index (χ1n) is 8.77. The average Bonchev–Trinajstić information content (AvgIpc) is 2.67. The van der Waals surface area contributed by atoms with E-state index in [0.29, 0.717) is 0 Å². The minimum absolute atomic E-state index is 1.02. The molecule has 120 valence electrons. The Balaban J connectivity index is 1.56. The third-order valence-corrected chi connectivity index (χ3v) is 4.66. The van der Waals surface area contributed by atoms with Gasteiger partial charge in [0.1, 0.15) is 5.82 Å². The highest BCUT2D eigenvalue weighted by molar-refractivity contribution is 5.85. The van der Waals surface area contributed by atoms with Crippen LogP contribution in [0, 0.1) is 0 Å². The number of piperidine rings is 1. The molecule has 2 nitrogen and oxygen atoms in total.